The summed E-state index contributed by atoms with van der Waals surface area (Å²) in [5.74, 6) is -0.623. The molecule has 1 heterocycles. The quantitative estimate of drug-likeness (QED) is 0.693. The van der Waals surface area contributed by atoms with Crippen LogP contribution in [0.25, 0.3) is 11.0 Å². The second kappa shape index (κ2) is 5.01. The number of fused-ring (bicyclic) bond motifs is 1. The van der Waals surface area contributed by atoms with Crippen molar-refractivity contribution in [3.63, 3.8) is 0 Å². The van der Waals surface area contributed by atoms with Crippen LogP contribution in [0.15, 0.2) is 53.3 Å². The first-order valence-electron chi connectivity index (χ1n) is 6.51. The minimum Gasteiger partial charge on any atom is -0.295 e. The molecule has 4 nitrogen and oxygen atoms in total. The molecule has 3 aromatic rings. The number of rotatable bonds is 3. The Morgan fingerprint density at radius 3 is 2.33 bits per heavy atom. The standard InChI is InChI=1S/C16H13FN2O2/c1-18-13-4-2-3-5-14(13)19(16(18)21)10-15(20)11-6-8-12(17)9-7-11/h2-9H,10H2,1H3. The van der Waals surface area contributed by atoms with Crippen molar-refractivity contribution in [1.82, 2.24) is 9.13 Å². The summed E-state index contributed by atoms with van der Waals surface area (Å²) < 4.78 is 15.8. The number of carbonyl (C=O) groups excluding carboxylic acids is 1. The van der Waals surface area contributed by atoms with Crippen molar-refractivity contribution in [2.75, 3.05) is 0 Å². The fourth-order valence-electron chi connectivity index (χ4n) is 2.39. The van der Waals surface area contributed by atoms with Gasteiger partial charge in [0.2, 0.25) is 0 Å². The van der Waals surface area contributed by atoms with Gasteiger partial charge >= 0.3 is 5.69 Å². The SMILES string of the molecule is Cn1c(=O)n(CC(=O)c2ccc(F)cc2)c2ccccc21. The van der Waals surface area contributed by atoms with Crippen LogP contribution in [0, 0.1) is 5.82 Å². The molecule has 0 amide bonds. The Bertz CT molecular complexity index is 875. The molecule has 0 aliphatic carbocycles. The van der Waals surface area contributed by atoms with E-state index in [2.05, 4.69) is 0 Å². The predicted molar refractivity (Wildman–Crippen MR) is 77.9 cm³/mol. The van der Waals surface area contributed by atoms with Gasteiger partial charge < -0.3 is 0 Å². The Morgan fingerprint density at radius 1 is 1.05 bits per heavy atom. The molecular weight excluding hydrogens is 271 g/mol. The van der Waals surface area contributed by atoms with Crippen LogP contribution in [-0.4, -0.2) is 14.9 Å². The van der Waals surface area contributed by atoms with Gasteiger partial charge in [-0.15, -0.1) is 0 Å². The van der Waals surface area contributed by atoms with Crippen molar-refractivity contribution in [1.29, 1.82) is 0 Å². The Hall–Kier alpha value is -2.69. The number of ketones is 1. The maximum Gasteiger partial charge on any atom is 0.329 e. The zero-order chi connectivity index (χ0) is 15.0. The molecular formula is C16H13FN2O2. The number of imidazole rings is 1. The predicted octanol–water partition coefficient (Wildman–Crippen LogP) is 2.36. The molecule has 0 aliphatic heterocycles. The molecule has 0 spiro atoms. The minimum atomic E-state index is -0.395. The first-order valence-corrected chi connectivity index (χ1v) is 6.51. The van der Waals surface area contributed by atoms with Gasteiger partial charge in [0.05, 0.1) is 17.6 Å². The summed E-state index contributed by atoms with van der Waals surface area (Å²) >= 11 is 0. The highest BCUT2D eigenvalue weighted by molar-refractivity contribution is 5.96. The van der Waals surface area contributed by atoms with Crippen LogP contribution in [0.1, 0.15) is 10.4 Å². The van der Waals surface area contributed by atoms with E-state index in [9.17, 15) is 14.0 Å². The fourth-order valence-corrected chi connectivity index (χ4v) is 2.39. The molecule has 0 N–H and O–H groups in total. The maximum absolute atomic E-state index is 12.9. The van der Waals surface area contributed by atoms with E-state index in [4.69, 9.17) is 0 Å². The summed E-state index contributed by atoms with van der Waals surface area (Å²) in [7, 11) is 1.67. The maximum atomic E-state index is 12.9. The van der Waals surface area contributed by atoms with Gasteiger partial charge in [-0.25, -0.2) is 9.18 Å². The van der Waals surface area contributed by atoms with E-state index in [1.54, 1.807) is 13.1 Å². The minimum absolute atomic E-state index is 0.0637. The first kappa shape index (κ1) is 13.3. The molecule has 0 aliphatic rings. The molecule has 106 valence electrons. The number of Topliss-reactive ketones (excluding diaryl/α,β-unsaturated/α-hetero) is 1. The van der Waals surface area contributed by atoms with Gasteiger partial charge in [0.25, 0.3) is 0 Å². The van der Waals surface area contributed by atoms with Crippen LogP contribution in [0.3, 0.4) is 0 Å². The molecule has 0 saturated heterocycles. The van der Waals surface area contributed by atoms with E-state index in [0.29, 0.717) is 11.1 Å². The van der Waals surface area contributed by atoms with E-state index in [0.717, 1.165) is 5.52 Å². The van der Waals surface area contributed by atoms with Gasteiger partial charge in [-0.2, -0.15) is 0 Å². The fraction of sp³-hybridized carbons (Fsp3) is 0.125. The van der Waals surface area contributed by atoms with Crippen molar-refractivity contribution >= 4 is 16.8 Å². The Labute approximate surface area is 120 Å². The van der Waals surface area contributed by atoms with E-state index in [1.807, 2.05) is 18.2 Å². The normalized spacial score (nSPS) is 11.0. The number of aromatic nitrogens is 2. The van der Waals surface area contributed by atoms with E-state index in [1.165, 1.54) is 33.4 Å². The largest absolute Gasteiger partial charge is 0.329 e. The lowest BCUT2D eigenvalue weighted by atomic mass is 10.1. The summed E-state index contributed by atoms with van der Waals surface area (Å²) in [5, 5.41) is 0. The summed E-state index contributed by atoms with van der Waals surface area (Å²) in [6.45, 7) is -0.0637. The number of aryl methyl sites for hydroxylation is 1. The highest BCUT2D eigenvalue weighted by atomic mass is 19.1. The second-order valence-corrected chi connectivity index (χ2v) is 4.85. The molecule has 5 heteroatoms. The smallest absolute Gasteiger partial charge is 0.295 e. The van der Waals surface area contributed by atoms with Crippen LogP contribution in [0.4, 0.5) is 4.39 Å². The lowest BCUT2D eigenvalue weighted by molar-refractivity contribution is 0.0972. The number of halogens is 1. The van der Waals surface area contributed by atoms with Crippen LogP contribution < -0.4 is 5.69 Å². The average Bonchev–Trinajstić information content (AvgIpc) is 2.73. The summed E-state index contributed by atoms with van der Waals surface area (Å²) in [4.78, 5) is 24.5. The third kappa shape index (κ3) is 2.27. The number of para-hydroxylation sites is 2. The van der Waals surface area contributed by atoms with Crippen molar-refractivity contribution in [2.24, 2.45) is 7.05 Å². The number of nitrogens with zero attached hydrogens (tertiary/aromatic N) is 2. The summed E-state index contributed by atoms with van der Waals surface area (Å²) in [5.41, 5.74) is 1.62. The molecule has 0 radical (unpaired) electrons. The van der Waals surface area contributed by atoms with Gasteiger partial charge in [-0.05, 0) is 36.4 Å². The monoisotopic (exact) mass is 284 g/mol. The van der Waals surface area contributed by atoms with Crippen LogP contribution in [0.2, 0.25) is 0 Å². The lowest BCUT2D eigenvalue weighted by Crippen LogP contribution is -2.25. The van der Waals surface area contributed by atoms with Crippen molar-refractivity contribution in [2.45, 2.75) is 6.54 Å². The third-order valence-corrected chi connectivity index (χ3v) is 3.52. The number of benzene rings is 2. The summed E-state index contributed by atoms with van der Waals surface area (Å²) in [6.07, 6.45) is 0. The van der Waals surface area contributed by atoms with Crippen LogP contribution >= 0.6 is 0 Å². The zero-order valence-corrected chi connectivity index (χ0v) is 11.4. The molecule has 0 atom stereocenters. The Morgan fingerprint density at radius 2 is 1.67 bits per heavy atom. The van der Waals surface area contributed by atoms with Gasteiger partial charge in [0, 0.05) is 12.6 Å². The van der Waals surface area contributed by atoms with Gasteiger partial charge in [-0.3, -0.25) is 13.9 Å². The van der Waals surface area contributed by atoms with E-state index in [-0.39, 0.29) is 18.0 Å². The van der Waals surface area contributed by atoms with Crippen LogP contribution in [0.5, 0.6) is 0 Å². The van der Waals surface area contributed by atoms with Crippen molar-refractivity contribution in [3.8, 4) is 0 Å². The highest BCUT2D eigenvalue weighted by Gasteiger charge is 2.14. The van der Waals surface area contributed by atoms with E-state index >= 15 is 0 Å². The molecule has 0 fully saturated rings. The van der Waals surface area contributed by atoms with Gasteiger partial charge in [-0.1, -0.05) is 12.1 Å². The topological polar surface area (TPSA) is 44.0 Å². The Balaban J connectivity index is 2.02. The lowest BCUT2D eigenvalue weighted by Gasteiger charge is -2.03. The molecule has 0 saturated carbocycles. The molecule has 0 bridgehead atoms. The van der Waals surface area contributed by atoms with Crippen molar-refractivity contribution in [3.05, 3.63) is 70.4 Å². The van der Waals surface area contributed by atoms with Crippen LogP contribution in [-0.2, 0) is 13.6 Å². The molecule has 0 unspecified atom stereocenters. The number of hydrogen-bond acceptors (Lipinski definition) is 2. The van der Waals surface area contributed by atoms with E-state index < -0.39 is 5.82 Å². The highest BCUT2D eigenvalue weighted by Crippen LogP contribution is 2.12. The number of hydrogen-bond donors (Lipinski definition) is 0. The molecule has 2 aromatic carbocycles. The number of carbonyl (C=O) groups is 1. The zero-order valence-electron chi connectivity index (χ0n) is 11.4. The first-order chi connectivity index (χ1) is 10.1. The van der Waals surface area contributed by atoms with Crippen molar-refractivity contribution < 1.29 is 9.18 Å². The van der Waals surface area contributed by atoms with Gasteiger partial charge in [0.1, 0.15) is 5.82 Å². The molecule has 1 aromatic heterocycles. The second-order valence-electron chi connectivity index (χ2n) is 4.85. The summed E-state index contributed by atoms with van der Waals surface area (Å²) in [6, 6.07) is 12.6. The Kier molecular flexibility index (Phi) is 3.17. The van der Waals surface area contributed by atoms with Gasteiger partial charge in [0.15, 0.2) is 5.78 Å². The third-order valence-electron chi connectivity index (χ3n) is 3.52. The molecule has 3 rings (SSSR count). The molecule has 21 heavy (non-hydrogen) atoms. The average molecular weight is 284 g/mol.